The number of anilines is 1. The lowest BCUT2D eigenvalue weighted by atomic mass is 10.1. The lowest BCUT2D eigenvalue weighted by molar-refractivity contribution is 0.152. The SMILES string of the molecule is CC(C)(C)NCc1cc(F)ccc1N(CCO)CC(F)F. The van der Waals surface area contributed by atoms with Crippen LogP contribution in [0.4, 0.5) is 18.9 Å². The molecule has 0 radical (unpaired) electrons. The van der Waals surface area contributed by atoms with Crippen molar-refractivity contribution in [3.63, 3.8) is 0 Å². The molecule has 1 rings (SSSR count). The fourth-order valence-corrected chi connectivity index (χ4v) is 1.96. The summed E-state index contributed by atoms with van der Waals surface area (Å²) in [6.45, 7) is 5.62. The second kappa shape index (κ2) is 7.66. The molecule has 0 aliphatic rings. The van der Waals surface area contributed by atoms with E-state index in [-0.39, 0.29) is 18.7 Å². The standard InChI is InChI=1S/C15H23F3N2O/c1-15(2,3)19-9-11-8-12(16)4-5-13(11)20(6-7-21)10-14(17)18/h4-5,8,14,19,21H,6-7,9-10H2,1-3H3. The normalized spacial score (nSPS) is 12.0. The molecule has 0 saturated heterocycles. The van der Waals surface area contributed by atoms with E-state index in [2.05, 4.69) is 5.32 Å². The summed E-state index contributed by atoms with van der Waals surface area (Å²) >= 11 is 0. The highest BCUT2D eigenvalue weighted by atomic mass is 19.3. The van der Waals surface area contributed by atoms with Gasteiger partial charge < -0.3 is 15.3 Å². The van der Waals surface area contributed by atoms with Crippen LogP contribution in [0.3, 0.4) is 0 Å². The van der Waals surface area contributed by atoms with Crippen molar-refractivity contribution in [3.8, 4) is 0 Å². The lowest BCUT2D eigenvalue weighted by Gasteiger charge is -2.28. The van der Waals surface area contributed by atoms with Crippen molar-refractivity contribution in [1.82, 2.24) is 5.32 Å². The summed E-state index contributed by atoms with van der Waals surface area (Å²) in [6.07, 6.45) is -2.52. The van der Waals surface area contributed by atoms with E-state index in [1.54, 1.807) is 0 Å². The Kier molecular flexibility index (Phi) is 6.48. The molecule has 0 fully saturated rings. The van der Waals surface area contributed by atoms with Gasteiger partial charge in [-0.25, -0.2) is 13.2 Å². The largest absolute Gasteiger partial charge is 0.395 e. The minimum absolute atomic E-state index is 0.0818. The van der Waals surface area contributed by atoms with Gasteiger partial charge in [-0.15, -0.1) is 0 Å². The van der Waals surface area contributed by atoms with E-state index >= 15 is 0 Å². The molecule has 0 amide bonds. The Morgan fingerprint density at radius 1 is 1.29 bits per heavy atom. The molecule has 1 aromatic carbocycles. The average Bonchev–Trinajstić information content (AvgIpc) is 2.34. The molecule has 2 N–H and O–H groups in total. The Bertz CT molecular complexity index is 447. The Labute approximate surface area is 123 Å². The maximum atomic E-state index is 13.4. The second-order valence-electron chi connectivity index (χ2n) is 5.94. The van der Waals surface area contributed by atoms with Gasteiger partial charge in [0, 0.05) is 24.3 Å². The zero-order chi connectivity index (χ0) is 16.0. The summed E-state index contributed by atoms with van der Waals surface area (Å²) in [5.41, 5.74) is 0.940. The van der Waals surface area contributed by atoms with Crippen LogP contribution in [0, 0.1) is 5.82 Å². The molecule has 0 saturated carbocycles. The molecule has 21 heavy (non-hydrogen) atoms. The van der Waals surface area contributed by atoms with Gasteiger partial charge in [0.05, 0.1) is 13.2 Å². The molecule has 0 aliphatic heterocycles. The van der Waals surface area contributed by atoms with Gasteiger partial charge in [-0.2, -0.15) is 0 Å². The highest BCUT2D eigenvalue weighted by molar-refractivity contribution is 5.54. The predicted molar refractivity (Wildman–Crippen MR) is 78.3 cm³/mol. The Balaban J connectivity index is 3.02. The van der Waals surface area contributed by atoms with Crippen molar-refractivity contribution in [2.45, 2.75) is 39.3 Å². The minimum atomic E-state index is -2.52. The van der Waals surface area contributed by atoms with Gasteiger partial charge in [-0.1, -0.05) is 0 Å². The van der Waals surface area contributed by atoms with Crippen molar-refractivity contribution in [3.05, 3.63) is 29.6 Å². The van der Waals surface area contributed by atoms with Crippen molar-refractivity contribution in [1.29, 1.82) is 0 Å². The zero-order valence-electron chi connectivity index (χ0n) is 12.7. The molecule has 0 heterocycles. The van der Waals surface area contributed by atoms with Gasteiger partial charge in [-0.05, 0) is 44.5 Å². The van der Waals surface area contributed by atoms with Gasteiger partial charge in [0.15, 0.2) is 0 Å². The van der Waals surface area contributed by atoms with Crippen LogP contribution in [0.25, 0.3) is 0 Å². The van der Waals surface area contributed by atoms with Crippen LogP contribution in [0.2, 0.25) is 0 Å². The Hall–Kier alpha value is -1.27. The number of nitrogens with one attached hydrogen (secondary N) is 1. The van der Waals surface area contributed by atoms with Crippen LogP contribution in [-0.4, -0.2) is 36.8 Å². The van der Waals surface area contributed by atoms with E-state index in [0.717, 1.165) is 0 Å². The van der Waals surface area contributed by atoms with Crippen LogP contribution in [0.15, 0.2) is 18.2 Å². The maximum Gasteiger partial charge on any atom is 0.255 e. The molecular formula is C15H23F3N2O. The number of rotatable bonds is 7. The summed E-state index contributed by atoms with van der Waals surface area (Å²) in [7, 11) is 0. The predicted octanol–water partition coefficient (Wildman–Crippen LogP) is 2.78. The topological polar surface area (TPSA) is 35.5 Å². The number of halogens is 3. The van der Waals surface area contributed by atoms with Crippen LogP contribution in [0.5, 0.6) is 0 Å². The minimum Gasteiger partial charge on any atom is -0.395 e. The number of aliphatic hydroxyl groups excluding tert-OH is 1. The summed E-state index contributed by atoms with van der Waals surface area (Å²) in [5, 5.41) is 12.3. The summed E-state index contributed by atoms with van der Waals surface area (Å²) in [4.78, 5) is 1.38. The summed E-state index contributed by atoms with van der Waals surface area (Å²) in [6, 6.07) is 4.06. The summed E-state index contributed by atoms with van der Waals surface area (Å²) in [5.74, 6) is -0.412. The second-order valence-corrected chi connectivity index (χ2v) is 5.94. The summed E-state index contributed by atoms with van der Waals surface area (Å²) < 4.78 is 38.8. The third-order valence-corrected chi connectivity index (χ3v) is 2.92. The fraction of sp³-hybridized carbons (Fsp3) is 0.600. The maximum absolute atomic E-state index is 13.4. The quantitative estimate of drug-likeness (QED) is 0.813. The van der Waals surface area contributed by atoms with Crippen LogP contribution in [0.1, 0.15) is 26.3 Å². The molecule has 6 heteroatoms. The van der Waals surface area contributed by atoms with Crippen LogP contribution < -0.4 is 10.2 Å². The molecule has 3 nitrogen and oxygen atoms in total. The van der Waals surface area contributed by atoms with E-state index in [1.807, 2.05) is 20.8 Å². The Morgan fingerprint density at radius 2 is 1.95 bits per heavy atom. The van der Waals surface area contributed by atoms with Gasteiger partial charge in [0.2, 0.25) is 0 Å². The van der Waals surface area contributed by atoms with Crippen molar-refractivity contribution >= 4 is 5.69 Å². The van der Waals surface area contributed by atoms with Gasteiger partial charge in [-0.3, -0.25) is 0 Å². The molecule has 0 aliphatic carbocycles. The first-order chi connectivity index (χ1) is 9.73. The number of aliphatic hydroxyl groups is 1. The van der Waals surface area contributed by atoms with Crippen LogP contribution >= 0.6 is 0 Å². The third-order valence-electron chi connectivity index (χ3n) is 2.92. The highest BCUT2D eigenvalue weighted by Gasteiger charge is 2.17. The van der Waals surface area contributed by atoms with Gasteiger partial charge in [0.25, 0.3) is 6.43 Å². The van der Waals surface area contributed by atoms with Crippen LogP contribution in [-0.2, 0) is 6.54 Å². The van der Waals surface area contributed by atoms with E-state index in [0.29, 0.717) is 17.8 Å². The first kappa shape index (κ1) is 17.8. The van der Waals surface area contributed by atoms with Gasteiger partial charge in [0.1, 0.15) is 5.82 Å². The smallest absolute Gasteiger partial charge is 0.255 e. The van der Waals surface area contributed by atoms with Crippen molar-refractivity contribution in [2.24, 2.45) is 0 Å². The number of hydrogen-bond acceptors (Lipinski definition) is 3. The van der Waals surface area contributed by atoms with E-state index < -0.39 is 18.8 Å². The molecule has 0 aromatic heterocycles. The Morgan fingerprint density at radius 3 is 2.48 bits per heavy atom. The highest BCUT2D eigenvalue weighted by Crippen LogP contribution is 2.23. The zero-order valence-corrected chi connectivity index (χ0v) is 12.7. The molecule has 0 unspecified atom stereocenters. The molecule has 120 valence electrons. The third kappa shape index (κ3) is 6.35. The van der Waals surface area contributed by atoms with E-state index in [9.17, 15) is 13.2 Å². The molecule has 0 spiro atoms. The molecule has 1 aromatic rings. The molecule has 0 bridgehead atoms. The first-order valence-corrected chi connectivity index (χ1v) is 6.90. The average molecular weight is 304 g/mol. The monoisotopic (exact) mass is 304 g/mol. The van der Waals surface area contributed by atoms with E-state index in [1.165, 1.54) is 23.1 Å². The number of benzene rings is 1. The number of hydrogen-bond donors (Lipinski definition) is 2. The molecular weight excluding hydrogens is 281 g/mol. The number of alkyl halides is 2. The fourth-order valence-electron chi connectivity index (χ4n) is 1.96. The van der Waals surface area contributed by atoms with Gasteiger partial charge >= 0.3 is 0 Å². The first-order valence-electron chi connectivity index (χ1n) is 6.90. The van der Waals surface area contributed by atoms with E-state index in [4.69, 9.17) is 5.11 Å². The molecule has 0 atom stereocenters. The lowest BCUT2D eigenvalue weighted by Crippen LogP contribution is -2.37. The van der Waals surface area contributed by atoms with Crippen molar-refractivity contribution in [2.75, 3.05) is 24.6 Å². The van der Waals surface area contributed by atoms with Crippen molar-refractivity contribution < 1.29 is 18.3 Å². The number of nitrogens with zero attached hydrogens (tertiary/aromatic N) is 1.